The summed E-state index contributed by atoms with van der Waals surface area (Å²) in [5.41, 5.74) is 0. The third-order valence-corrected chi connectivity index (χ3v) is 10.4. The Labute approximate surface area is 324 Å². The van der Waals surface area contributed by atoms with Crippen molar-refractivity contribution < 1.29 is 19.0 Å². The van der Waals surface area contributed by atoms with E-state index in [1.165, 1.54) is 180 Å². The van der Waals surface area contributed by atoms with Crippen LogP contribution in [0.4, 0.5) is 4.79 Å². The van der Waals surface area contributed by atoms with Gasteiger partial charge in [-0.15, -0.1) is 0 Å². The summed E-state index contributed by atoms with van der Waals surface area (Å²) < 4.78 is 17.8. The van der Waals surface area contributed by atoms with Gasteiger partial charge in [-0.05, 0) is 90.1 Å². The number of alkyl carbamates (subject to hydrolysis) is 1. The molecule has 1 saturated heterocycles. The average Bonchev–Trinajstić information content (AvgIpc) is 3.68. The molecular formula is C46H88N2O4. The number of likely N-dealkylation sites (tertiary alicyclic amines) is 1. The van der Waals surface area contributed by atoms with E-state index in [0.717, 1.165) is 39.1 Å². The van der Waals surface area contributed by atoms with Gasteiger partial charge in [0.1, 0.15) is 12.7 Å². The minimum atomic E-state index is -0.349. The number of carbonyl (C=O) groups excluding carboxylic acids is 1. The van der Waals surface area contributed by atoms with Crippen LogP contribution in [-0.2, 0) is 14.2 Å². The Balaban J connectivity index is 2.10. The van der Waals surface area contributed by atoms with E-state index in [9.17, 15) is 4.79 Å². The standard InChI is InChI=1S/C46H88N2O4/c1-3-5-7-9-11-13-15-17-19-21-23-25-27-29-31-35-41-50-43-45(44-52-46(49)47-37-40-48-38-33-34-39-48)51-42-36-32-30-28-26-24-22-20-18-16-14-12-10-8-6-4-2/h17-20,45H,3-16,21-44H2,1-2H3,(H,47,49)/b19-17-,20-18-. The Bertz CT molecular complexity index is 782. The number of allylic oxidation sites excluding steroid dienone is 4. The molecule has 0 bridgehead atoms. The lowest BCUT2D eigenvalue weighted by atomic mass is 10.1. The summed E-state index contributed by atoms with van der Waals surface area (Å²) in [6.45, 7) is 10.5. The van der Waals surface area contributed by atoms with E-state index < -0.39 is 0 Å². The molecule has 1 aliphatic rings. The first-order valence-electron chi connectivity index (χ1n) is 22.9. The second kappa shape index (κ2) is 40.8. The topological polar surface area (TPSA) is 60.0 Å². The highest BCUT2D eigenvalue weighted by molar-refractivity contribution is 5.67. The van der Waals surface area contributed by atoms with Crippen LogP contribution in [0.5, 0.6) is 0 Å². The average molecular weight is 733 g/mol. The number of carbonyl (C=O) groups is 1. The summed E-state index contributed by atoms with van der Waals surface area (Å²) in [5.74, 6) is 0. The maximum absolute atomic E-state index is 12.3. The van der Waals surface area contributed by atoms with Gasteiger partial charge in [-0.25, -0.2) is 4.79 Å². The van der Waals surface area contributed by atoms with E-state index in [4.69, 9.17) is 14.2 Å². The molecule has 6 heteroatoms. The third kappa shape index (κ3) is 35.6. The zero-order chi connectivity index (χ0) is 37.3. The van der Waals surface area contributed by atoms with E-state index in [1.54, 1.807) is 0 Å². The van der Waals surface area contributed by atoms with Crippen molar-refractivity contribution in [2.45, 2.75) is 213 Å². The van der Waals surface area contributed by atoms with Crippen LogP contribution < -0.4 is 5.32 Å². The van der Waals surface area contributed by atoms with Gasteiger partial charge in [-0.3, -0.25) is 0 Å². The molecule has 1 fully saturated rings. The van der Waals surface area contributed by atoms with Crippen molar-refractivity contribution in [3.8, 4) is 0 Å². The van der Waals surface area contributed by atoms with Crippen LogP contribution in [0.1, 0.15) is 206 Å². The van der Waals surface area contributed by atoms with Crippen LogP contribution >= 0.6 is 0 Å². The SMILES string of the molecule is CCCCCCCC/C=C\CCCCCCCCOCC(COC(=O)NCCN1CCCC1)OCCCCCCCC/C=C\CCCCCCCC. The quantitative estimate of drug-likeness (QED) is 0.0502. The highest BCUT2D eigenvalue weighted by atomic mass is 16.6. The predicted octanol–water partition coefficient (Wildman–Crippen LogP) is 13.3. The van der Waals surface area contributed by atoms with Crippen LogP contribution in [0.25, 0.3) is 0 Å². The molecule has 306 valence electrons. The number of nitrogens with one attached hydrogen (secondary N) is 1. The zero-order valence-electron chi connectivity index (χ0n) is 34.8. The molecule has 0 saturated carbocycles. The van der Waals surface area contributed by atoms with Gasteiger partial charge in [-0.2, -0.15) is 0 Å². The maximum atomic E-state index is 12.3. The molecule has 1 aliphatic heterocycles. The smallest absolute Gasteiger partial charge is 0.407 e. The Morgan fingerprint density at radius 3 is 1.46 bits per heavy atom. The molecule has 6 nitrogen and oxygen atoms in total. The van der Waals surface area contributed by atoms with E-state index in [2.05, 4.69) is 48.4 Å². The number of ether oxygens (including phenoxy) is 3. The van der Waals surface area contributed by atoms with Gasteiger partial charge in [0, 0.05) is 26.3 Å². The lowest BCUT2D eigenvalue weighted by molar-refractivity contribution is -0.0468. The normalized spacial score (nSPS) is 14.3. The van der Waals surface area contributed by atoms with Crippen molar-refractivity contribution in [3.63, 3.8) is 0 Å². The third-order valence-electron chi connectivity index (χ3n) is 10.4. The fraction of sp³-hybridized carbons (Fsp3) is 0.891. The van der Waals surface area contributed by atoms with E-state index in [0.29, 0.717) is 19.8 Å². The Hall–Kier alpha value is -1.37. The highest BCUT2D eigenvalue weighted by Crippen LogP contribution is 2.13. The van der Waals surface area contributed by atoms with Crippen LogP contribution in [-0.4, -0.2) is 69.7 Å². The number of unbranched alkanes of at least 4 members (excludes halogenated alkanes) is 24. The Morgan fingerprint density at radius 2 is 0.981 bits per heavy atom. The summed E-state index contributed by atoms with van der Waals surface area (Å²) in [7, 11) is 0. The molecule has 0 aromatic heterocycles. The molecule has 1 rings (SSSR count). The van der Waals surface area contributed by atoms with Crippen LogP contribution in [0.2, 0.25) is 0 Å². The summed E-state index contributed by atoms with van der Waals surface area (Å²) in [4.78, 5) is 14.7. The summed E-state index contributed by atoms with van der Waals surface area (Å²) in [6, 6.07) is 0. The fourth-order valence-electron chi connectivity index (χ4n) is 6.95. The number of amides is 1. The largest absolute Gasteiger partial charge is 0.447 e. The number of hydrogen-bond donors (Lipinski definition) is 1. The summed E-state index contributed by atoms with van der Waals surface area (Å²) >= 11 is 0. The van der Waals surface area contributed by atoms with Crippen LogP contribution in [0.15, 0.2) is 24.3 Å². The Morgan fingerprint density at radius 1 is 0.558 bits per heavy atom. The van der Waals surface area contributed by atoms with Crippen LogP contribution in [0, 0.1) is 0 Å². The fourth-order valence-corrected chi connectivity index (χ4v) is 6.95. The first kappa shape index (κ1) is 48.6. The minimum Gasteiger partial charge on any atom is -0.447 e. The molecule has 0 aromatic carbocycles. The van der Waals surface area contributed by atoms with Gasteiger partial charge < -0.3 is 24.4 Å². The maximum Gasteiger partial charge on any atom is 0.407 e. The number of rotatable bonds is 40. The summed E-state index contributed by atoms with van der Waals surface area (Å²) in [5, 5.41) is 2.91. The number of hydrogen-bond acceptors (Lipinski definition) is 5. The molecule has 1 atom stereocenters. The number of nitrogens with zero attached hydrogens (tertiary/aromatic N) is 1. The molecule has 0 spiro atoms. The van der Waals surface area contributed by atoms with Gasteiger partial charge in [0.25, 0.3) is 0 Å². The van der Waals surface area contributed by atoms with Crippen molar-refractivity contribution in [3.05, 3.63) is 24.3 Å². The van der Waals surface area contributed by atoms with E-state index in [-0.39, 0.29) is 18.8 Å². The molecule has 52 heavy (non-hydrogen) atoms. The van der Waals surface area contributed by atoms with Gasteiger partial charge in [0.15, 0.2) is 0 Å². The first-order chi connectivity index (χ1) is 25.8. The minimum absolute atomic E-state index is 0.207. The summed E-state index contributed by atoms with van der Waals surface area (Å²) in [6.07, 6.45) is 48.1. The van der Waals surface area contributed by atoms with Crippen LogP contribution in [0.3, 0.4) is 0 Å². The molecule has 1 heterocycles. The van der Waals surface area contributed by atoms with Crippen molar-refractivity contribution in [2.75, 3.05) is 52.6 Å². The van der Waals surface area contributed by atoms with Crippen molar-refractivity contribution in [2.24, 2.45) is 0 Å². The van der Waals surface area contributed by atoms with Gasteiger partial charge in [-0.1, -0.05) is 154 Å². The van der Waals surface area contributed by atoms with Gasteiger partial charge in [0.05, 0.1) is 6.61 Å². The van der Waals surface area contributed by atoms with Crippen molar-refractivity contribution >= 4 is 6.09 Å². The lowest BCUT2D eigenvalue weighted by Crippen LogP contribution is -2.36. The molecule has 0 radical (unpaired) electrons. The van der Waals surface area contributed by atoms with Crippen molar-refractivity contribution in [1.82, 2.24) is 10.2 Å². The molecular weight excluding hydrogens is 645 g/mol. The Kier molecular flexibility index (Phi) is 38.2. The van der Waals surface area contributed by atoms with Gasteiger partial charge in [0.2, 0.25) is 0 Å². The molecule has 0 aromatic rings. The zero-order valence-corrected chi connectivity index (χ0v) is 34.8. The second-order valence-corrected chi connectivity index (χ2v) is 15.5. The molecule has 1 amide bonds. The van der Waals surface area contributed by atoms with E-state index in [1.807, 2.05) is 0 Å². The molecule has 1 N–H and O–H groups in total. The lowest BCUT2D eigenvalue weighted by Gasteiger charge is -2.19. The molecule has 0 aliphatic carbocycles. The predicted molar refractivity (Wildman–Crippen MR) is 224 cm³/mol. The monoisotopic (exact) mass is 733 g/mol. The van der Waals surface area contributed by atoms with Gasteiger partial charge >= 0.3 is 6.09 Å². The second-order valence-electron chi connectivity index (χ2n) is 15.5. The molecule has 1 unspecified atom stereocenters. The first-order valence-corrected chi connectivity index (χ1v) is 22.9. The highest BCUT2D eigenvalue weighted by Gasteiger charge is 2.15. The van der Waals surface area contributed by atoms with E-state index >= 15 is 0 Å². The van der Waals surface area contributed by atoms with Crippen molar-refractivity contribution in [1.29, 1.82) is 0 Å².